The van der Waals surface area contributed by atoms with Crippen molar-refractivity contribution >= 4 is 17.7 Å². The molecule has 1 aromatic rings. The normalized spacial score (nSPS) is 23.8. The number of carboxylic acids is 1. The number of nitrogens with one attached hydrogen (secondary N) is 1. The number of H-pyrrole nitrogens is 1. The van der Waals surface area contributed by atoms with Gasteiger partial charge in [-0.05, 0) is 46.5 Å². The van der Waals surface area contributed by atoms with Gasteiger partial charge in [0.2, 0.25) is 0 Å². The minimum Gasteiger partial charge on any atom is -0.477 e. The van der Waals surface area contributed by atoms with E-state index in [4.69, 9.17) is 4.74 Å². The second-order valence-electron chi connectivity index (χ2n) is 9.29. The summed E-state index contributed by atoms with van der Waals surface area (Å²) in [6.45, 7) is 6.18. The van der Waals surface area contributed by atoms with E-state index in [-0.39, 0.29) is 28.4 Å². The Morgan fingerprint density at radius 2 is 2.00 bits per heavy atom. The van der Waals surface area contributed by atoms with Crippen LogP contribution in [-0.2, 0) is 11.8 Å². The minimum atomic E-state index is -0.871. The van der Waals surface area contributed by atoms with Crippen LogP contribution in [0.25, 0.3) is 0 Å². The zero-order chi connectivity index (χ0) is 22.8. The van der Waals surface area contributed by atoms with Gasteiger partial charge in [-0.2, -0.15) is 4.98 Å². The Balaban J connectivity index is 1.63. The maximum atomic E-state index is 11.9. The van der Waals surface area contributed by atoms with Crippen LogP contribution in [0.4, 0.5) is 0 Å². The first kappa shape index (κ1) is 23.3. The molecule has 0 aromatic carbocycles. The van der Waals surface area contributed by atoms with Crippen LogP contribution in [0.2, 0.25) is 0 Å². The summed E-state index contributed by atoms with van der Waals surface area (Å²) in [6, 6.07) is 2.20. The second-order valence-corrected chi connectivity index (χ2v) is 10.5. The number of ether oxygens (including phenoxy) is 1. The average molecular weight is 447 g/mol. The molecule has 0 saturated heterocycles. The van der Waals surface area contributed by atoms with Gasteiger partial charge in [-0.15, -0.1) is 0 Å². The fraction of sp³-hybridized carbons (Fsp3) is 0.609. The zero-order valence-electron chi connectivity index (χ0n) is 18.9. The Kier molecular flexibility index (Phi) is 7.05. The average Bonchev–Trinajstić information content (AvgIpc) is 3.13. The summed E-state index contributed by atoms with van der Waals surface area (Å²) in [5.74, 6) is 5.64. The van der Waals surface area contributed by atoms with E-state index < -0.39 is 5.97 Å². The van der Waals surface area contributed by atoms with Crippen LogP contribution in [-0.4, -0.2) is 45.4 Å². The molecule has 0 amide bonds. The van der Waals surface area contributed by atoms with Crippen molar-refractivity contribution in [1.29, 1.82) is 0 Å². The van der Waals surface area contributed by atoms with Crippen LogP contribution in [0.3, 0.4) is 0 Å². The molecule has 0 radical (unpaired) electrons. The molecule has 2 aliphatic rings. The molecule has 7 nitrogen and oxygen atoms in total. The van der Waals surface area contributed by atoms with E-state index >= 15 is 0 Å². The quantitative estimate of drug-likeness (QED) is 0.534. The number of aromatic nitrogens is 2. The highest BCUT2D eigenvalue weighted by molar-refractivity contribution is 8.05. The summed E-state index contributed by atoms with van der Waals surface area (Å²) < 4.78 is 7.78. The number of nitrogens with zero attached hydrogens (tertiary/aromatic N) is 2. The van der Waals surface area contributed by atoms with Crippen molar-refractivity contribution in [2.75, 3.05) is 7.05 Å². The van der Waals surface area contributed by atoms with Crippen molar-refractivity contribution in [2.24, 2.45) is 12.5 Å². The summed E-state index contributed by atoms with van der Waals surface area (Å²) >= 11 is 1.37. The van der Waals surface area contributed by atoms with Crippen molar-refractivity contribution < 1.29 is 19.2 Å². The molecule has 1 aliphatic carbocycles. The van der Waals surface area contributed by atoms with Crippen LogP contribution in [0.1, 0.15) is 52.9 Å². The van der Waals surface area contributed by atoms with Gasteiger partial charge in [-0.1, -0.05) is 23.6 Å². The van der Waals surface area contributed by atoms with E-state index in [9.17, 15) is 14.7 Å². The number of hydrogen-bond acceptors (Lipinski definition) is 5. The van der Waals surface area contributed by atoms with Gasteiger partial charge in [0.25, 0.3) is 0 Å². The van der Waals surface area contributed by atoms with Crippen molar-refractivity contribution in [3.8, 4) is 17.9 Å². The molecule has 1 fully saturated rings. The molecule has 8 heteroatoms. The molecule has 1 atom stereocenters. The fourth-order valence-electron chi connectivity index (χ4n) is 3.90. The molecule has 168 valence electrons. The third kappa shape index (κ3) is 6.07. The highest BCUT2D eigenvalue weighted by Crippen LogP contribution is 2.41. The lowest BCUT2D eigenvalue weighted by Crippen LogP contribution is -2.40. The van der Waals surface area contributed by atoms with Crippen molar-refractivity contribution in [2.45, 2.75) is 70.3 Å². The highest BCUT2D eigenvalue weighted by atomic mass is 32.2. The Morgan fingerprint density at radius 3 is 2.61 bits per heavy atom. The van der Waals surface area contributed by atoms with Gasteiger partial charge in [-0.25, -0.2) is 14.2 Å². The van der Waals surface area contributed by atoms with Crippen LogP contribution in [0.15, 0.2) is 27.7 Å². The Labute approximate surface area is 187 Å². The molecule has 31 heavy (non-hydrogen) atoms. The maximum Gasteiger partial charge on any atom is 0.456 e. The number of rotatable bonds is 5. The molecule has 1 saturated carbocycles. The van der Waals surface area contributed by atoms with E-state index in [1.807, 2.05) is 14.1 Å². The van der Waals surface area contributed by atoms with Gasteiger partial charge < -0.3 is 14.7 Å². The third-order valence-electron chi connectivity index (χ3n) is 5.60. The van der Waals surface area contributed by atoms with Crippen molar-refractivity contribution in [1.82, 2.24) is 9.88 Å². The predicted octanol–water partition coefficient (Wildman–Crippen LogP) is 2.67. The Morgan fingerprint density at radius 1 is 1.32 bits per heavy atom. The summed E-state index contributed by atoms with van der Waals surface area (Å²) in [6.07, 6.45) is 5.88. The lowest BCUT2D eigenvalue weighted by Gasteiger charge is -2.36. The van der Waals surface area contributed by atoms with Gasteiger partial charge in [-0.3, -0.25) is 0 Å². The topological polar surface area (TPSA) is 86.5 Å². The van der Waals surface area contributed by atoms with E-state index in [0.29, 0.717) is 17.3 Å². The second kappa shape index (κ2) is 9.39. The van der Waals surface area contributed by atoms with Crippen LogP contribution in [0.5, 0.6) is 6.01 Å². The smallest absolute Gasteiger partial charge is 0.456 e. The summed E-state index contributed by atoms with van der Waals surface area (Å²) in [5.41, 5.74) is 0.600. The molecular weight excluding hydrogens is 414 g/mol. The number of aryl methyl sites for hydroxylation is 1. The molecule has 1 aliphatic heterocycles. The molecule has 0 spiro atoms. The SMILES string of the molecule is CN(C1=C(C(=O)O)SC(C#CC(C)(C)C)C1)C1CCC(Oc2[nH]c(=O)cc[n+]2C)CC1. The first-order valence-electron chi connectivity index (χ1n) is 10.7. The van der Waals surface area contributed by atoms with Gasteiger partial charge in [0.15, 0.2) is 0 Å². The molecule has 1 aromatic heterocycles. The standard InChI is InChI=1S/C23H31N3O4S/c1-23(2,3)12-10-17-14-18(20(31-17)21(28)29)26(5)15-6-8-16(9-7-15)30-22-24-19(27)11-13-25(22)4/h11,13,15-17H,6-9,14H2,1-5H3,(H,28,29)/p+1. The fourth-order valence-corrected chi connectivity index (χ4v) is 5.01. The molecule has 2 N–H and O–H groups in total. The van der Waals surface area contributed by atoms with Crippen LogP contribution in [0, 0.1) is 17.3 Å². The molecule has 2 heterocycles. The van der Waals surface area contributed by atoms with Crippen LogP contribution < -0.4 is 14.9 Å². The molecule has 1 unspecified atom stereocenters. The van der Waals surface area contributed by atoms with Crippen LogP contribution >= 0.6 is 11.8 Å². The predicted molar refractivity (Wildman–Crippen MR) is 121 cm³/mol. The van der Waals surface area contributed by atoms with Gasteiger partial charge >= 0.3 is 17.5 Å². The lowest BCUT2D eigenvalue weighted by molar-refractivity contribution is -0.681. The number of carbonyl (C=O) groups is 1. The van der Waals surface area contributed by atoms with E-state index in [1.54, 1.807) is 10.8 Å². The number of hydrogen-bond donors (Lipinski definition) is 2. The number of aromatic amines is 1. The zero-order valence-corrected chi connectivity index (χ0v) is 19.7. The summed E-state index contributed by atoms with van der Waals surface area (Å²) in [7, 11) is 3.83. The van der Waals surface area contributed by atoms with E-state index in [1.165, 1.54) is 17.8 Å². The van der Waals surface area contributed by atoms with E-state index in [2.05, 4.69) is 42.5 Å². The number of carboxylic acid groups (broad SMARTS) is 1. The Bertz CT molecular complexity index is 975. The van der Waals surface area contributed by atoms with Gasteiger partial charge in [0.05, 0.1) is 18.4 Å². The lowest BCUT2D eigenvalue weighted by atomic mass is 9.91. The highest BCUT2D eigenvalue weighted by Gasteiger charge is 2.35. The van der Waals surface area contributed by atoms with E-state index in [0.717, 1.165) is 31.4 Å². The molecule has 0 bridgehead atoms. The number of allylic oxidation sites excluding steroid dienone is 1. The third-order valence-corrected chi connectivity index (χ3v) is 6.81. The largest absolute Gasteiger partial charge is 0.477 e. The van der Waals surface area contributed by atoms with Gasteiger partial charge in [0, 0.05) is 30.6 Å². The van der Waals surface area contributed by atoms with Crippen molar-refractivity contribution in [3.63, 3.8) is 0 Å². The first-order valence-corrected chi connectivity index (χ1v) is 11.6. The first-order chi connectivity index (χ1) is 14.5. The summed E-state index contributed by atoms with van der Waals surface area (Å²) in [5, 5.41) is 9.71. The minimum absolute atomic E-state index is 0.0163. The molecule has 3 rings (SSSR count). The van der Waals surface area contributed by atoms with Crippen molar-refractivity contribution in [3.05, 3.63) is 33.2 Å². The Hall–Kier alpha value is -2.40. The monoisotopic (exact) mass is 446 g/mol. The molecular formula is C23H32N3O4S+. The maximum absolute atomic E-state index is 11.9. The van der Waals surface area contributed by atoms with Gasteiger partial charge in [0.1, 0.15) is 17.2 Å². The summed E-state index contributed by atoms with van der Waals surface area (Å²) in [4.78, 5) is 28.7. The number of aliphatic carboxylic acids is 1. The number of thioether (sulfide) groups is 1.